The van der Waals surface area contributed by atoms with Gasteiger partial charge in [-0.1, -0.05) is 13.0 Å². The maximum absolute atomic E-state index is 9.30. The largest absolute Gasteiger partial charge is 0.488 e. The number of likely N-dealkylation sites (N-methyl/N-ethyl adjacent to an activating group) is 1. The zero-order valence-electron chi connectivity index (χ0n) is 10.8. The number of nitriles is 1. The first kappa shape index (κ1) is 13.3. The van der Waals surface area contributed by atoms with Crippen LogP contribution in [-0.2, 0) is 0 Å². The molecule has 0 spiro atoms. The lowest BCUT2D eigenvalue weighted by molar-refractivity contribution is 0.207. The van der Waals surface area contributed by atoms with Gasteiger partial charge in [0, 0.05) is 18.0 Å². The Balaban J connectivity index is 2.17. The molecule has 1 fully saturated rings. The third-order valence-electron chi connectivity index (χ3n) is 3.04. The SMILES string of the molecule is CCSc1cccc(OC2CCN(C)C2)c1C#N. The Labute approximate surface area is 113 Å². The predicted octanol–water partition coefficient (Wildman–Crippen LogP) is 2.75. The molecule has 2 rings (SSSR count). The summed E-state index contributed by atoms with van der Waals surface area (Å²) in [7, 11) is 2.10. The Morgan fingerprint density at radius 2 is 2.39 bits per heavy atom. The highest BCUT2D eigenvalue weighted by atomic mass is 32.2. The Hall–Kier alpha value is -1.18. The van der Waals surface area contributed by atoms with Crippen LogP contribution in [0.2, 0.25) is 0 Å². The van der Waals surface area contributed by atoms with Crippen molar-refractivity contribution in [1.82, 2.24) is 4.90 Å². The standard InChI is InChI=1S/C14H18N2OS/c1-3-18-14-6-4-5-13(12(14)9-15)17-11-7-8-16(2)10-11/h4-6,11H,3,7-8,10H2,1-2H3. The minimum Gasteiger partial charge on any atom is -0.488 e. The van der Waals surface area contributed by atoms with E-state index < -0.39 is 0 Å². The van der Waals surface area contributed by atoms with Crippen LogP contribution < -0.4 is 4.74 Å². The molecule has 0 amide bonds. The molecule has 1 heterocycles. The summed E-state index contributed by atoms with van der Waals surface area (Å²) in [4.78, 5) is 3.27. The van der Waals surface area contributed by atoms with Gasteiger partial charge in [-0.3, -0.25) is 0 Å². The van der Waals surface area contributed by atoms with Gasteiger partial charge < -0.3 is 9.64 Å². The summed E-state index contributed by atoms with van der Waals surface area (Å²) < 4.78 is 5.98. The fraction of sp³-hybridized carbons (Fsp3) is 0.500. The Kier molecular flexibility index (Phi) is 4.51. The van der Waals surface area contributed by atoms with Crippen molar-refractivity contribution in [2.45, 2.75) is 24.3 Å². The molecule has 1 saturated heterocycles. The van der Waals surface area contributed by atoms with E-state index in [1.807, 2.05) is 18.2 Å². The van der Waals surface area contributed by atoms with Crippen LogP contribution in [0.1, 0.15) is 18.9 Å². The lowest BCUT2D eigenvalue weighted by atomic mass is 10.2. The van der Waals surface area contributed by atoms with Crippen LogP contribution in [0, 0.1) is 11.3 Å². The second-order valence-electron chi connectivity index (χ2n) is 4.46. The van der Waals surface area contributed by atoms with Gasteiger partial charge in [-0.05, 0) is 31.4 Å². The highest BCUT2D eigenvalue weighted by Crippen LogP contribution is 2.30. The van der Waals surface area contributed by atoms with Crippen LogP contribution in [0.5, 0.6) is 5.75 Å². The number of hydrogen-bond acceptors (Lipinski definition) is 4. The summed E-state index contributed by atoms with van der Waals surface area (Å²) >= 11 is 1.69. The van der Waals surface area contributed by atoms with E-state index in [1.165, 1.54) is 0 Å². The average Bonchev–Trinajstić information content (AvgIpc) is 2.76. The minimum atomic E-state index is 0.212. The van der Waals surface area contributed by atoms with Crippen molar-refractivity contribution < 1.29 is 4.74 Å². The van der Waals surface area contributed by atoms with Crippen LogP contribution in [-0.4, -0.2) is 36.9 Å². The second kappa shape index (κ2) is 6.12. The van der Waals surface area contributed by atoms with Gasteiger partial charge in [0.2, 0.25) is 0 Å². The van der Waals surface area contributed by atoms with E-state index in [0.717, 1.165) is 35.9 Å². The van der Waals surface area contributed by atoms with Crippen LogP contribution in [0.4, 0.5) is 0 Å². The Morgan fingerprint density at radius 1 is 1.56 bits per heavy atom. The van der Waals surface area contributed by atoms with E-state index in [1.54, 1.807) is 11.8 Å². The van der Waals surface area contributed by atoms with Crippen molar-refractivity contribution in [3.63, 3.8) is 0 Å². The van der Waals surface area contributed by atoms with Crippen molar-refractivity contribution in [2.75, 3.05) is 25.9 Å². The second-order valence-corrected chi connectivity index (χ2v) is 5.77. The van der Waals surface area contributed by atoms with Gasteiger partial charge in [0.1, 0.15) is 23.5 Å². The van der Waals surface area contributed by atoms with E-state index in [9.17, 15) is 5.26 Å². The molecule has 1 unspecified atom stereocenters. The van der Waals surface area contributed by atoms with E-state index in [0.29, 0.717) is 5.56 Å². The molecular formula is C14H18N2OS. The molecule has 0 N–H and O–H groups in total. The van der Waals surface area contributed by atoms with Gasteiger partial charge in [-0.15, -0.1) is 11.8 Å². The number of ether oxygens (including phenoxy) is 1. The van der Waals surface area contributed by atoms with E-state index in [2.05, 4.69) is 24.9 Å². The molecule has 0 saturated carbocycles. The Morgan fingerprint density at radius 3 is 3.00 bits per heavy atom. The molecule has 0 aromatic heterocycles. The molecule has 1 aliphatic heterocycles. The van der Waals surface area contributed by atoms with Gasteiger partial charge in [0.15, 0.2) is 0 Å². The normalized spacial score (nSPS) is 19.7. The number of hydrogen-bond donors (Lipinski definition) is 0. The molecule has 4 heteroatoms. The number of benzene rings is 1. The topological polar surface area (TPSA) is 36.3 Å². The van der Waals surface area contributed by atoms with Crippen molar-refractivity contribution in [1.29, 1.82) is 5.26 Å². The number of thioether (sulfide) groups is 1. The van der Waals surface area contributed by atoms with Crippen molar-refractivity contribution in [2.24, 2.45) is 0 Å². The quantitative estimate of drug-likeness (QED) is 0.782. The third kappa shape index (κ3) is 2.98. The van der Waals surface area contributed by atoms with Crippen LogP contribution in [0.25, 0.3) is 0 Å². The lowest BCUT2D eigenvalue weighted by Gasteiger charge is -2.16. The molecule has 0 radical (unpaired) electrons. The molecule has 1 atom stereocenters. The van der Waals surface area contributed by atoms with E-state index in [-0.39, 0.29) is 6.10 Å². The molecule has 0 bridgehead atoms. The van der Waals surface area contributed by atoms with E-state index >= 15 is 0 Å². The van der Waals surface area contributed by atoms with Crippen molar-refractivity contribution in [3.05, 3.63) is 23.8 Å². The lowest BCUT2D eigenvalue weighted by Crippen LogP contribution is -2.21. The van der Waals surface area contributed by atoms with Gasteiger partial charge >= 0.3 is 0 Å². The highest BCUT2D eigenvalue weighted by Gasteiger charge is 2.22. The van der Waals surface area contributed by atoms with E-state index in [4.69, 9.17) is 4.74 Å². The summed E-state index contributed by atoms with van der Waals surface area (Å²) in [6, 6.07) is 8.13. The molecule has 96 valence electrons. The zero-order chi connectivity index (χ0) is 13.0. The third-order valence-corrected chi connectivity index (χ3v) is 3.98. The fourth-order valence-corrected chi connectivity index (χ4v) is 2.94. The molecule has 1 aromatic rings. The highest BCUT2D eigenvalue weighted by molar-refractivity contribution is 7.99. The molecule has 1 aliphatic rings. The molecule has 1 aromatic carbocycles. The molecule has 3 nitrogen and oxygen atoms in total. The summed E-state index contributed by atoms with van der Waals surface area (Å²) in [5.41, 5.74) is 0.680. The van der Waals surface area contributed by atoms with Gasteiger partial charge in [0.25, 0.3) is 0 Å². The van der Waals surface area contributed by atoms with Gasteiger partial charge in [-0.2, -0.15) is 5.26 Å². The first-order valence-electron chi connectivity index (χ1n) is 6.25. The molecular weight excluding hydrogens is 244 g/mol. The average molecular weight is 262 g/mol. The maximum Gasteiger partial charge on any atom is 0.138 e. The monoisotopic (exact) mass is 262 g/mol. The summed E-state index contributed by atoms with van der Waals surface area (Å²) in [5.74, 6) is 1.70. The molecule has 18 heavy (non-hydrogen) atoms. The predicted molar refractivity (Wildman–Crippen MR) is 74.1 cm³/mol. The van der Waals surface area contributed by atoms with Crippen LogP contribution >= 0.6 is 11.8 Å². The summed E-state index contributed by atoms with van der Waals surface area (Å²) in [6.45, 7) is 4.09. The first-order valence-corrected chi connectivity index (χ1v) is 7.24. The first-order chi connectivity index (χ1) is 8.74. The zero-order valence-corrected chi connectivity index (χ0v) is 11.7. The summed E-state index contributed by atoms with van der Waals surface area (Å²) in [6.07, 6.45) is 1.25. The smallest absolute Gasteiger partial charge is 0.138 e. The molecule has 0 aliphatic carbocycles. The maximum atomic E-state index is 9.30. The van der Waals surface area contributed by atoms with Crippen molar-refractivity contribution in [3.8, 4) is 11.8 Å². The number of likely N-dealkylation sites (tertiary alicyclic amines) is 1. The minimum absolute atomic E-state index is 0.212. The van der Waals surface area contributed by atoms with Gasteiger partial charge in [0.05, 0.1) is 0 Å². The van der Waals surface area contributed by atoms with Gasteiger partial charge in [-0.25, -0.2) is 0 Å². The van der Waals surface area contributed by atoms with Crippen molar-refractivity contribution >= 4 is 11.8 Å². The fourth-order valence-electron chi connectivity index (χ4n) is 2.17. The van der Waals surface area contributed by atoms with Crippen LogP contribution in [0.15, 0.2) is 23.1 Å². The summed E-state index contributed by atoms with van der Waals surface area (Å²) in [5, 5.41) is 9.30. The van der Waals surface area contributed by atoms with Crippen LogP contribution in [0.3, 0.4) is 0 Å². The number of nitrogens with zero attached hydrogens (tertiary/aromatic N) is 2. The Bertz CT molecular complexity index is 456. The number of rotatable bonds is 4.